The Balaban J connectivity index is 1.44. The third-order valence-electron chi connectivity index (χ3n) is 6.76. The molecular weight excluding hydrogens is 440 g/mol. The Morgan fingerprint density at radius 3 is 2.66 bits per heavy atom. The van der Waals surface area contributed by atoms with Crippen LogP contribution in [0.25, 0.3) is 16.5 Å². The van der Waals surface area contributed by atoms with Crippen LogP contribution in [0.1, 0.15) is 28.4 Å². The van der Waals surface area contributed by atoms with Gasteiger partial charge in [-0.1, -0.05) is 42.5 Å². The van der Waals surface area contributed by atoms with Crippen molar-refractivity contribution in [2.24, 2.45) is 4.99 Å². The van der Waals surface area contributed by atoms with Gasteiger partial charge in [0.25, 0.3) is 11.8 Å². The molecule has 3 aliphatic heterocycles. The van der Waals surface area contributed by atoms with Crippen molar-refractivity contribution in [1.82, 2.24) is 10.3 Å². The maximum atomic E-state index is 13.2. The zero-order valence-electron chi connectivity index (χ0n) is 18.4. The maximum Gasteiger partial charge on any atom is 0.261 e. The number of nitrogens with one attached hydrogen (secondary N) is 1. The Morgan fingerprint density at radius 1 is 0.914 bits per heavy atom. The number of hydrogen-bond acceptors (Lipinski definition) is 6. The maximum absolute atomic E-state index is 13.2. The first-order chi connectivity index (χ1) is 17.2. The molecule has 5 heterocycles. The molecular formula is C28H18N4O3. The van der Waals surface area contributed by atoms with Gasteiger partial charge in [-0.25, -0.2) is 0 Å². The van der Waals surface area contributed by atoms with Crippen LogP contribution in [0.4, 0.5) is 5.69 Å². The number of hydrogen-bond donors (Lipinski definition) is 1. The number of carbonyl (C=O) groups excluding carboxylic acids is 2. The fraction of sp³-hybridized carbons (Fsp3) is 0.0714. The zero-order chi connectivity index (χ0) is 23.5. The molecule has 7 rings (SSSR count). The van der Waals surface area contributed by atoms with Gasteiger partial charge in [-0.3, -0.25) is 24.9 Å². The van der Waals surface area contributed by atoms with Crippen LogP contribution >= 0.6 is 0 Å². The number of aliphatic imine (C=N–C) groups is 1. The third-order valence-corrected chi connectivity index (χ3v) is 6.76. The van der Waals surface area contributed by atoms with Crippen molar-refractivity contribution in [3.8, 4) is 0 Å². The lowest BCUT2D eigenvalue weighted by molar-refractivity contribution is -0.123. The van der Waals surface area contributed by atoms with Gasteiger partial charge in [-0.2, -0.15) is 0 Å². The molecule has 2 aromatic heterocycles. The van der Waals surface area contributed by atoms with E-state index in [1.54, 1.807) is 24.7 Å². The third kappa shape index (κ3) is 2.85. The predicted molar refractivity (Wildman–Crippen MR) is 132 cm³/mol. The lowest BCUT2D eigenvalue weighted by Crippen LogP contribution is -2.25. The lowest BCUT2D eigenvalue weighted by Gasteiger charge is -2.24. The molecule has 7 nitrogen and oxygen atoms in total. The average Bonchev–Trinajstić information content (AvgIpc) is 3.54. The number of carbonyl (C=O) groups is 2. The SMILES string of the molecule is O=C1NC(=O)C(c2cccc3ccoc23)=C1C1=NC=CN2c3c(cccc31)CC2c1ccccn1. The standard InChI is InChI=1S/C28H18N4O3/c33-27-22(18-7-3-5-16-10-14-35-26(16)18)23(28(34)31-27)24-19-8-4-6-17-15-21(20-9-1-2-11-29-20)32(25(17)19)13-12-30-24/h1-14,21H,15H2,(H,31,33,34). The van der Waals surface area contributed by atoms with Crippen molar-refractivity contribution >= 4 is 39.8 Å². The number of imide groups is 1. The highest BCUT2D eigenvalue weighted by atomic mass is 16.3. The van der Waals surface area contributed by atoms with E-state index in [1.165, 1.54) is 0 Å². The van der Waals surface area contributed by atoms with E-state index in [-0.39, 0.29) is 17.2 Å². The molecule has 2 aromatic carbocycles. The molecule has 7 heteroatoms. The molecule has 0 aliphatic carbocycles. The van der Waals surface area contributed by atoms with Crippen LogP contribution in [0.2, 0.25) is 0 Å². The second-order valence-electron chi connectivity index (χ2n) is 8.65. The van der Waals surface area contributed by atoms with Crippen molar-refractivity contribution < 1.29 is 14.0 Å². The summed E-state index contributed by atoms with van der Waals surface area (Å²) in [7, 11) is 0. The first kappa shape index (κ1) is 19.7. The number of para-hydroxylation sites is 2. The summed E-state index contributed by atoms with van der Waals surface area (Å²) >= 11 is 0. The van der Waals surface area contributed by atoms with Crippen LogP contribution in [-0.4, -0.2) is 22.5 Å². The first-order valence-corrected chi connectivity index (χ1v) is 11.3. The predicted octanol–water partition coefficient (Wildman–Crippen LogP) is 4.32. The molecule has 1 unspecified atom stereocenters. The van der Waals surface area contributed by atoms with Gasteiger partial charge in [0.05, 0.1) is 40.5 Å². The molecule has 168 valence electrons. The van der Waals surface area contributed by atoms with Crippen LogP contribution in [-0.2, 0) is 16.0 Å². The van der Waals surface area contributed by atoms with Crippen LogP contribution in [0.3, 0.4) is 0 Å². The van der Waals surface area contributed by atoms with E-state index in [2.05, 4.69) is 21.3 Å². The molecule has 0 radical (unpaired) electrons. The number of furan rings is 1. The van der Waals surface area contributed by atoms with Gasteiger partial charge in [0, 0.05) is 41.5 Å². The number of fused-ring (bicyclic) bond motifs is 1. The van der Waals surface area contributed by atoms with Gasteiger partial charge in [0.1, 0.15) is 5.58 Å². The van der Waals surface area contributed by atoms with E-state index in [4.69, 9.17) is 9.41 Å². The van der Waals surface area contributed by atoms with E-state index >= 15 is 0 Å². The highest BCUT2D eigenvalue weighted by Crippen LogP contribution is 2.45. The number of rotatable bonds is 3. The van der Waals surface area contributed by atoms with Crippen LogP contribution < -0.4 is 10.2 Å². The first-order valence-electron chi connectivity index (χ1n) is 11.3. The molecule has 35 heavy (non-hydrogen) atoms. The van der Waals surface area contributed by atoms with Gasteiger partial charge in [0.2, 0.25) is 0 Å². The minimum absolute atomic E-state index is 0.0162. The second kappa shape index (κ2) is 7.36. The fourth-order valence-electron chi connectivity index (χ4n) is 5.29. The zero-order valence-corrected chi connectivity index (χ0v) is 18.4. The highest BCUT2D eigenvalue weighted by molar-refractivity contribution is 6.48. The van der Waals surface area contributed by atoms with Gasteiger partial charge in [0.15, 0.2) is 0 Å². The van der Waals surface area contributed by atoms with E-state index in [1.807, 2.05) is 54.7 Å². The number of amides is 2. The summed E-state index contributed by atoms with van der Waals surface area (Å²) in [5.74, 6) is -0.924. The number of benzene rings is 2. The molecule has 0 bridgehead atoms. The topological polar surface area (TPSA) is 87.8 Å². The monoisotopic (exact) mass is 458 g/mol. The summed E-state index contributed by atoms with van der Waals surface area (Å²) < 4.78 is 5.69. The summed E-state index contributed by atoms with van der Waals surface area (Å²) in [6.07, 6.45) is 7.76. The van der Waals surface area contributed by atoms with Gasteiger partial charge >= 0.3 is 0 Å². The minimum Gasteiger partial charge on any atom is -0.464 e. The Bertz CT molecular complexity index is 1650. The Morgan fingerprint density at radius 2 is 1.77 bits per heavy atom. The Hall–Kier alpha value is -4.78. The average molecular weight is 458 g/mol. The summed E-state index contributed by atoms with van der Waals surface area (Å²) in [6, 6.07) is 19.3. The van der Waals surface area contributed by atoms with Crippen molar-refractivity contribution in [2.45, 2.75) is 12.5 Å². The summed E-state index contributed by atoms with van der Waals surface area (Å²) in [5.41, 5.74) is 5.98. The molecule has 0 saturated heterocycles. The highest BCUT2D eigenvalue weighted by Gasteiger charge is 2.40. The summed E-state index contributed by atoms with van der Waals surface area (Å²) in [4.78, 5) is 37.7. The molecule has 0 spiro atoms. The molecule has 0 fully saturated rings. The van der Waals surface area contributed by atoms with Crippen LogP contribution in [0, 0.1) is 0 Å². The van der Waals surface area contributed by atoms with Crippen molar-refractivity contribution in [3.05, 3.63) is 113 Å². The number of aromatic nitrogens is 1. The summed E-state index contributed by atoms with van der Waals surface area (Å²) in [6.45, 7) is 0. The van der Waals surface area contributed by atoms with Crippen LogP contribution in [0.15, 0.2) is 101 Å². The number of anilines is 1. The fourth-order valence-corrected chi connectivity index (χ4v) is 5.29. The van der Waals surface area contributed by atoms with Gasteiger partial charge < -0.3 is 9.32 Å². The van der Waals surface area contributed by atoms with E-state index in [9.17, 15) is 9.59 Å². The molecule has 2 amide bonds. The molecule has 1 N–H and O–H groups in total. The lowest BCUT2D eigenvalue weighted by atomic mass is 9.92. The van der Waals surface area contributed by atoms with Crippen molar-refractivity contribution in [1.29, 1.82) is 0 Å². The van der Waals surface area contributed by atoms with E-state index in [0.29, 0.717) is 16.9 Å². The van der Waals surface area contributed by atoms with Gasteiger partial charge in [-0.15, -0.1) is 0 Å². The molecule has 1 atom stereocenters. The second-order valence-corrected chi connectivity index (χ2v) is 8.65. The van der Waals surface area contributed by atoms with Crippen LogP contribution in [0.5, 0.6) is 0 Å². The largest absolute Gasteiger partial charge is 0.464 e. The van der Waals surface area contributed by atoms with E-state index < -0.39 is 11.8 Å². The van der Waals surface area contributed by atoms with Gasteiger partial charge in [-0.05, 0) is 23.8 Å². The number of nitrogens with zero attached hydrogens (tertiary/aromatic N) is 3. The smallest absolute Gasteiger partial charge is 0.261 e. The normalized spacial score (nSPS) is 18.7. The summed E-state index contributed by atoms with van der Waals surface area (Å²) in [5, 5.41) is 3.33. The Labute approximate surface area is 200 Å². The number of pyridine rings is 1. The quantitative estimate of drug-likeness (QED) is 0.462. The minimum atomic E-state index is -0.467. The molecule has 0 saturated carbocycles. The van der Waals surface area contributed by atoms with Crippen molar-refractivity contribution in [3.63, 3.8) is 0 Å². The van der Waals surface area contributed by atoms with E-state index in [0.717, 1.165) is 34.3 Å². The van der Waals surface area contributed by atoms with Crippen molar-refractivity contribution in [2.75, 3.05) is 4.90 Å². The Kier molecular flexibility index (Phi) is 4.14. The molecule has 4 aromatic rings. The molecule has 3 aliphatic rings.